The molecule has 0 aliphatic rings. The summed E-state index contributed by atoms with van der Waals surface area (Å²) >= 11 is 0. The van der Waals surface area contributed by atoms with E-state index in [1.807, 2.05) is 55.5 Å². The van der Waals surface area contributed by atoms with Gasteiger partial charge in [0, 0.05) is 17.5 Å². The predicted molar refractivity (Wildman–Crippen MR) is 90.1 cm³/mol. The molecule has 0 aliphatic carbocycles. The number of hydrogen-bond acceptors (Lipinski definition) is 2. The Morgan fingerprint density at radius 1 is 1.09 bits per heavy atom. The van der Waals surface area contributed by atoms with Gasteiger partial charge in [-0.1, -0.05) is 43.0 Å². The van der Waals surface area contributed by atoms with Gasteiger partial charge in [0.25, 0.3) is 5.91 Å². The molecule has 2 aromatic rings. The summed E-state index contributed by atoms with van der Waals surface area (Å²) in [6.07, 6.45) is 7.37. The van der Waals surface area contributed by atoms with Crippen LogP contribution in [-0.4, -0.2) is 10.9 Å². The molecule has 3 nitrogen and oxygen atoms in total. The van der Waals surface area contributed by atoms with Gasteiger partial charge in [-0.05, 0) is 42.8 Å². The second-order valence-electron chi connectivity index (χ2n) is 4.64. The number of carbonyl (C=O) groups excluding carboxylic acids is 1. The topological polar surface area (TPSA) is 42.0 Å². The van der Waals surface area contributed by atoms with Gasteiger partial charge in [-0.15, -0.1) is 0 Å². The predicted octanol–water partition coefficient (Wildman–Crippen LogP) is 3.98. The Morgan fingerprint density at radius 2 is 1.82 bits per heavy atom. The Labute approximate surface area is 130 Å². The molecule has 0 saturated heterocycles. The smallest absolute Gasteiger partial charge is 0.255 e. The van der Waals surface area contributed by atoms with Gasteiger partial charge < -0.3 is 5.32 Å². The third-order valence-electron chi connectivity index (χ3n) is 3.05. The van der Waals surface area contributed by atoms with Crippen LogP contribution < -0.4 is 5.32 Å². The summed E-state index contributed by atoms with van der Waals surface area (Å²) < 4.78 is 0. The summed E-state index contributed by atoms with van der Waals surface area (Å²) in [4.78, 5) is 16.3. The standard InChI is InChI=1S/C19H18N2O/c1-3-16(18-11-7-8-14-20-18)13-12-15(2)21-19(22)17-9-5-4-6-10-17/h3-14H,2H2,1H3,(H,21,22)/b13-12-,16-3+. The first-order valence-electron chi connectivity index (χ1n) is 7.02. The van der Waals surface area contributed by atoms with Crippen molar-refractivity contribution in [1.82, 2.24) is 10.3 Å². The van der Waals surface area contributed by atoms with Crippen LogP contribution in [0.2, 0.25) is 0 Å². The maximum Gasteiger partial charge on any atom is 0.255 e. The number of amides is 1. The van der Waals surface area contributed by atoms with E-state index in [2.05, 4.69) is 16.9 Å². The van der Waals surface area contributed by atoms with E-state index in [-0.39, 0.29) is 5.91 Å². The highest BCUT2D eigenvalue weighted by Gasteiger charge is 2.04. The molecule has 1 aromatic heterocycles. The average molecular weight is 290 g/mol. The number of rotatable bonds is 5. The molecule has 2 rings (SSSR count). The highest BCUT2D eigenvalue weighted by Crippen LogP contribution is 2.13. The molecular formula is C19H18N2O. The molecule has 0 aliphatic heterocycles. The zero-order valence-electron chi connectivity index (χ0n) is 12.5. The van der Waals surface area contributed by atoms with Crippen LogP contribution in [0.15, 0.2) is 85.2 Å². The van der Waals surface area contributed by atoms with E-state index >= 15 is 0 Å². The van der Waals surface area contributed by atoms with Crippen LogP contribution in [0.4, 0.5) is 0 Å². The maximum atomic E-state index is 12.0. The van der Waals surface area contributed by atoms with Crippen molar-refractivity contribution in [2.75, 3.05) is 0 Å². The first kappa shape index (κ1) is 15.4. The van der Waals surface area contributed by atoms with E-state index in [1.54, 1.807) is 24.4 Å². The first-order valence-corrected chi connectivity index (χ1v) is 7.02. The fraction of sp³-hybridized carbons (Fsp3) is 0.0526. The maximum absolute atomic E-state index is 12.0. The SMILES string of the molecule is C=C(/C=C\C(=C/C)c1ccccn1)NC(=O)c1ccccc1. The van der Waals surface area contributed by atoms with Crippen LogP contribution in [0.25, 0.3) is 5.57 Å². The van der Waals surface area contributed by atoms with Crippen LogP contribution in [0.1, 0.15) is 23.0 Å². The zero-order valence-corrected chi connectivity index (χ0v) is 12.5. The fourth-order valence-electron chi connectivity index (χ4n) is 1.90. The minimum atomic E-state index is -0.171. The first-order chi connectivity index (χ1) is 10.7. The Bertz CT molecular complexity index is 701. The number of nitrogens with one attached hydrogen (secondary N) is 1. The van der Waals surface area contributed by atoms with Crippen molar-refractivity contribution in [2.24, 2.45) is 0 Å². The summed E-state index contributed by atoms with van der Waals surface area (Å²) in [6.45, 7) is 5.80. The largest absolute Gasteiger partial charge is 0.323 e. The van der Waals surface area contributed by atoms with Gasteiger partial charge in [-0.25, -0.2) is 0 Å². The molecule has 1 amide bonds. The third-order valence-corrected chi connectivity index (χ3v) is 3.05. The van der Waals surface area contributed by atoms with Crippen molar-refractivity contribution < 1.29 is 4.79 Å². The van der Waals surface area contributed by atoms with Crippen LogP contribution in [0, 0.1) is 0 Å². The number of nitrogens with zero attached hydrogens (tertiary/aromatic N) is 1. The van der Waals surface area contributed by atoms with Gasteiger partial charge >= 0.3 is 0 Å². The Balaban J connectivity index is 2.01. The molecule has 0 radical (unpaired) electrons. The van der Waals surface area contributed by atoms with Crippen LogP contribution in [0.3, 0.4) is 0 Å². The highest BCUT2D eigenvalue weighted by molar-refractivity contribution is 5.95. The summed E-state index contributed by atoms with van der Waals surface area (Å²) in [5, 5.41) is 2.76. The molecule has 3 heteroatoms. The van der Waals surface area contributed by atoms with E-state index < -0.39 is 0 Å². The normalized spacial score (nSPS) is 11.4. The van der Waals surface area contributed by atoms with Gasteiger partial charge in [0.05, 0.1) is 5.69 Å². The molecule has 0 bridgehead atoms. The van der Waals surface area contributed by atoms with E-state index in [4.69, 9.17) is 0 Å². The minimum Gasteiger partial charge on any atom is -0.323 e. The lowest BCUT2D eigenvalue weighted by atomic mass is 10.1. The summed E-state index contributed by atoms with van der Waals surface area (Å²) in [5.74, 6) is -0.171. The van der Waals surface area contributed by atoms with E-state index in [9.17, 15) is 4.79 Å². The second-order valence-corrected chi connectivity index (χ2v) is 4.64. The molecule has 0 saturated carbocycles. The third kappa shape index (κ3) is 4.28. The summed E-state index contributed by atoms with van der Waals surface area (Å²) in [7, 11) is 0. The number of aromatic nitrogens is 1. The quantitative estimate of drug-likeness (QED) is 0.846. The second kappa shape index (κ2) is 7.74. The molecule has 1 N–H and O–H groups in total. The lowest BCUT2D eigenvalue weighted by Gasteiger charge is -2.05. The van der Waals surface area contributed by atoms with Crippen LogP contribution >= 0.6 is 0 Å². The van der Waals surface area contributed by atoms with E-state index in [0.29, 0.717) is 11.3 Å². The zero-order chi connectivity index (χ0) is 15.8. The van der Waals surface area contributed by atoms with Gasteiger partial charge in [0.1, 0.15) is 0 Å². The highest BCUT2D eigenvalue weighted by atomic mass is 16.1. The average Bonchev–Trinajstić information content (AvgIpc) is 2.57. The molecular weight excluding hydrogens is 272 g/mol. The molecule has 0 atom stereocenters. The minimum absolute atomic E-state index is 0.171. The van der Waals surface area contributed by atoms with Crippen LogP contribution in [0.5, 0.6) is 0 Å². The number of benzene rings is 1. The van der Waals surface area contributed by atoms with Crippen LogP contribution in [-0.2, 0) is 0 Å². The molecule has 1 aromatic carbocycles. The molecule has 110 valence electrons. The van der Waals surface area contributed by atoms with Crippen molar-refractivity contribution in [2.45, 2.75) is 6.92 Å². The van der Waals surface area contributed by atoms with Gasteiger partial charge in [0.15, 0.2) is 0 Å². The number of pyridine rings is 1. The molecule has 0 fully saturated rings. The van der Waals surface area contributed by atoms with Crippen molar-refractivity contribution in [3.63, 3.8) is 0 Å². The van der Waals surface area contributed by atoms with Gasteiger partial charge in [-0.3, -0.25) is 9.78 Å². The number of hydrogen-bond donors (Lipinski definition) is 1. The van der Waals surface area contributed by atoms with E-state index in [0.717, 1.165) is 11.3 Å². The molecule has 22 heavy (non-hydrogen) atoms. The van der Waals surface area contributed by atoms with Crippen molar-refractivity contribution >= 4 is 11.5 Å². The van der Waals surface area contributed by atoms with Crippen molar-refractivity contribution in [3.8, 4) is 0 Å². The Kier molecular flexibility index (Phi) is 5.44. The molecule has 0 unspecified atom stereocenters. The lowest BCUT2D eigenvalue weighted by molar-refractivity contribution is 0.0967. The van der Waals surface area contributed by atoms with Gasteiger partial charge in [-0.2, -0.15) is 0 Å². The van der Waals surface area contributed by atoms with Crippen molar-refractivity contribution in [1.29, 1.82) is 0 Å². The summed E-state index contributed by atoms with van der Waals surface area (Å²) in [6, 6.07) is 14.8. The lowest BCUT2D eigenvalue weighted by Crippen LogP contribution is -2.21. The monoisotopic (exact) mass is 290 g/mol. The fourth-order valence-corrected chi connectivity index (χ4v) is 1.90. The van der Waals surface area contributed by atoms with Crippen molar-refractivity contribution in [3.05, 3.63) is 96.5 Å². The number of allylic oxidation sites excluding steroid dienone is 4. The van der Waals surface area contributed by atoms with Gasteiger partial charge in [0.2, 0.25) is 0 Å². The van der Waals surface area contributed by atoms with E-state index in [1.165, 1.54) is 0 Å². The Hall–Kier alpha value is -2.94. The number of carbonyl (C=O) groups is 1. The summed E-state index contributed by atoms with van der Waals surface area (Å²) in [5.41, 5.74) is 2.98. The molecule has 0 spiro atoms. The Morgan fingerprint density at radius 3 is 2.45 bits per heavy atom. The molecule has 1 heterocycles.